The second-order valence-electron chi connectivity index (χ2n) is 9.56. The van der Waals surface area contributed by atoms with Crippen molar-refractivity contribution < 1.29 is 14.6 Å². The van der Waals surface area contributed by atoms with E-state index in [0.29, 0.717) is 17.3 Å². The minimum absolute atomic E-state index is 0.0156. The molecule has 0 radical (unpaired) electrons. The van der Waals surface area contributed by atoms with Gasteiger partial charge in [0.1, 0.15) is 6.10 Å². The van der Waals surface area contributed by atoms with Gasteiger partial charge in [-0.25, -0.2) is 0 Å². The molecule has 0 bridgehead atoms. The number of hydrogen-bond acceptors (Lipinski definition) is 3. The zero-order chi connectivity index (χ0) is 18.4. The summed E-state index contributed by atoms with van der Waals surface area (Å²) in [6.45, 7) is 13.3. The minimum atomic E-state index is -0.198. The first-order chi connectivity index (χ1) is 11.7. The van der Waals surface area contributed by atoms with Gasteiger partial charge >= 0.3 is 5.97 Å². The molecule has 25 heavy (non-hydrogen) atoms. The van der Waals surface area contributed by atoms with Crippen LogP contribution in [0.2, 0.25) is 0 Å². The van der Waals surface area contributed by atoms with E-state index in [-0.39, 0.29) is 30.0 Å². The summed E-state index contributed by atoms with van der Waals surface area (Å²) >= 11 is 0. The maximum absolute atomic E-state index is 11.3. The summed E-state index contributed by atoms with van der Waals surface area (Å²) in [5.74, 6) is 2.08. The van der Waals surface area contributed by atoms with Crippen LogP contribution in [-0.4, -0.2) is 23.8 Å². The van der Waals surface area contributed by atoms with Crippen molar-refractivity contribution in [1.29, 1.82) is 0 Å². The van der Waals surface area contributed by atoms with Crippen LogP contribution >= 0.6 is 0 Å². The summed E-state index contributed by atoms with van der Waals surface area (Å²) in [5.41, 5.74) is 1.94. The van der Waals surface area contributed by atoms with Gasteiger partial charge in [0, 0.05) is 13.5 Å². The molecule has 0 saturated heterocycles. The number of aliphatic hydroxyl groups excluding tert-OH is 1. The summed E-state index contributed by atoms with van der Waals surface area (Å²) in [4.78, 5) is 11.3. The van der Waals surface area contributed by atoms with Crippen LogP contribution in [0.15, 0.2) is 12.2 Å². The molecule has 0 spiro atoms. The van der Waals surface area contributed by atoms with Gasteiger partial charge in [-0.2, -0.15) is 0 Å². The van der Waals surface area contributed by atoms with Gasteiger partial charge in [0.2, 0.25) is 0 Å². The van der Waals surface area contributed by atoms with Gasteiger partial charge in [0.05, 0.1) is 0 Å². The fraction of sp³-hybridized carbons (Fsp3) is 0.864. The third-order valence-corrected chi connectivity index (χ3v) is 8.51. The Labute approximate surface area is 153 Å². The summed E-state index contributed by atoms with van der Waals surface area (Å²) < 4.78 is 5.47. The number of esters is 1. The van der Waals surface area contributed by atoms with E-state index in [1.807, 2.05) is 0 Å². The number of fused-ring (bicyclic) bond motifs is 1. The zero-order valence-corrected chi connectivity index (χ0v) is 16.5. The highest BCUT2D eigenvalue weighted by Crippen LogP contribution is 2.63. The Balaban J connectivity index is 1.78. The third kappa shape index (κ3) is 3.07. The predicted molar refractivity (Wildman–Crippen MR) is 99.9 cm³/mol. The monoisotopic (exact) mass is 348 g/mol. The van der Waals surface area contributed by atoms with Crippen LogP contribution in [0.3, 0.4) is 0 Å². The van der Waals surface area contributed by atoms with Gasteiger partial charge in [-0.1, -0.05) is 32.9 Å². The van der Waals surface area contributed by atoms with Crippen molar-refractivity contribution in [3.63, 3.8) is 0 Å². The van der Waals surface area contributed by atoms with Crippen molar-refractivity contribution >= 4 is 5.97 Å². The number of carbonyl (C=O) groups is 1. The molecule has 3 saturated carbocycles. The molecule has 3 heteroatoms. The highest BCUT2D eigenvalue weighted by atomic mass is 16.5. The van der Waals surface area contributed by atoms with E-state index in [1.54, 1.807) is 0 Å². The van der Waals surface area contributed by atoms with E-state index in [2.05, 4.69) is 27.4 Å². The van der Waals surface area contributed by atoms with Crippen LogP contribution in [0.25, 0.3) is 0 Å². The van der Waals surface area contributed by atoms with Crippen LogP contribution in [0, 0.1) is 34.5 Å². The summed E-state index contributed by atoms with van der Waals surface area (Å²) in [5, 5.41) is 10.1. The molecule has 0 heterocycles. The topological polar surface area (TPSA) is 46.5 Å². The standard InChI is InChI=1S/C22H36O3/c1-14-6-7-19-15(2)20(9-11-21(14,19)4)22(5)10-8-18(25-16(3)24)12-17(22)13-23/h15,17-20,23H,1,6-13H2,2-5H3/t15-,17+,18-,19-,20-,21+,22-/m0/s1. The predicted octanol–water partition coefficient (Wildman–Crippen LogP) is 4.74. The Kier molecular flexibility index (Phi) is 5.09. The molecule has 0 aromatic rings. The first-order valence-electron chi connectivity index (χ1n) is 10.2. The maximum atomic E-state index is 11.3. The van der Waals surface area contributed by atoms with Crippen LogP contribution in [-0.2, 0) is 9.53 Å². The molecule has 0 aromatic heterocycles. The number of allylic oxidation sites excluding steroid dienone is 1. The molecular weight excluding hydrogens is 312 g/mol. The molecule has 3 rings (SSSR count). The Hall–Kier alpha value is -0.830. The number of aliphatic hydroxyl groups is 1. The molecule has 7 atom stereocenters. The number of hydrogen-bond donors (Lipinski definition) is 1. The Morgan fingerprint density at radius 2 is 1.96 bits per heavy atom. The highest BCUT2D eigenvalue weighted by Gasteiger charge is 2.55. The van der Waals surface area contributed by atoms with Crippen LogP contribution in [0.4, 0.5) is 0 Å². The summed E-state index contributed by atoms with van der Waals surface area (Å²) in [6, 6.07) is 0. The summed E-state index contributed by atoms with van der Waals surface area (Å²) in [7, 11) is 0. The SMILES string of the molecule is C=C1CC[C@H]2[C@H](C)[C@@H]([C@@]3(C)CC[C@H](OC(C)=O)C[C@@H]3CO)CC[C@]12C. The zero-order valence-electron chi connectivity index (χ0n) is 16.5. The Morgan fingerprint density at radius 1 is 1.24 bits per heavy atom. The normalized spacial score (nSPS) is 47.4. The molecule has 3 aliphatic carbocycles. The van der Waals surface area contributed by atoms with Crippen LogP contribution < -0.4 is 0 Å². The molecule has 3 aliphatic rings. The van der Waals surface area contributed by atoms with E-state index >= 15 is 0 Å². The lowest BCUT2D eigenvalue weighted by atomic mass is 9.49. The number of ether oxygens (including phenoxy) is 1. The smallest absolute Gasteiger partial charge is 0.302 e. The van der Waals surface area contributed by atoms with E-state index in [0.717, 1.165) is 25.2 Å². The van der Waals surface area contributed by atoms with E-state index < -0.39 is 0 Å². The minimum Gasteiger partial charge on any atom is -0.463 e. The Bertz CT molecular complexity index is 541. The second-order valence-corrected chi connectivity index (χ2v) is 9.56. The van der Waals surface area contributed by atoms with Crippen molar-refractivity contribution in [2.24, 2.45) is 34.5 Å². The van der Waals surface area contributed by atoms with E-state index in [9.17, 15) is 9.90 Å². The van der Waals surface area contributed by atoms with E-state index in [4.69, 9.17) is 4.74 Å². The van der Waals surface area contributed by atoms with Crippen LogP contribution in [0.1, 0.15) is 72.6 Å². The van der Waals surface area contributed by atoms with Gasteiger partial charge in [0.25, 0.3) is 0 Å². The van der Waals surface area contributed by atoms with Crippen molar-refractivity contribution in [1.82, 2.24) is 0 Å². The number of rotatable bonds is 3. The van der Waals surface area contributed by atoms with Crippen molar-refractivity contribution in [3.8, 4) is 0 Å². The van der Waals surface area contributed by atoms with Gasteiger partial charge in [-0.3, -0.25) is 4.79 Å². The van der Waals surface area contributed by atoms with Gasteiger partial charge < -0.3 is 9.84 Å². The molecule has 142 valence electrons. The first-order valence-corrected chi connectivity index (χ1v) is 10.2. The fourth-order valence-corrected chi connectivity index (χ4v) is 6.82. The van der Waals surface area contributed by atoms with Crippen molar-refractivity contribution in [2.75, 3.05) is 6.61 Å². The molecule has 3 nitrogen and oxygen atoms in total. The molecule has 1 N–H and O–H groups in total. The average Bonchev–Trinajstić information content (AvgIpc) is 2.85. The average molecular weight is 349 g/mol. The molecular formula is C22H36O3. The largest absolute Gasteiger partial charge is 0.463 e. The molecule has 0 aromatic carbocycles. The molecule has 0 aliphatic heterocycles. The molecule has 3 fully saturated rings. The fourth-order valence-electron chi connectivity index (χ4n) is 6.82. The van der Waals surface area contributed by atoms with Gasteiger partial charge in [-0.05, 0) is 79.4 Å². The highest BCUT2D eigenvalue weighted by molar-refractivity contribution is 5.66. The van der Waals surface area contributed by atoms with E-state index in [1.165, 1.54) is 38.2 Å². The third-order valence-electron chi connectivity index (χ3n) is 8.51. The van der Waals surface area contributed by atoms with Gasteiger partial charge in [-0.15, -0.1) is 0 Å². The maximum Gasteiger partial charge on any atom is 0.302 e. The summed E-state index contributed by atoms with van der Waals surface area (Å²) in [6.07, 6.45) is 7.73. The van der Waals surface area contributed by atoms with Crippen molar-refractivity contribution in [3.05, 3.63) is 12.2 Å². The lowest BCUT2D eigenvalue weighted by molar-refractivity contribution is -0.155. The van der Waals surface area contributed by atoms with Crippen LogP contribution in [0.5, 0.6) is 0 Å². The van der Waals surface area contributed by atoms with Gasteiger partial charge in [0.15, 0.2) is 0 Å². The first kappa shape index (κ1) is 18.9. The second kappa shape index (κ2) is 6.72. The molecule has 0 unspecified atom stereocenters. The lowest BCUT2D eigenvalue weighted by Gasteiger charge is -2.56. The quantitative estimate of drug-likeness (QED) is 0.592. The Morgan fingerprint density at radius 3 is 2.60 bits per heavy atom. The van der Waals surface area contributed by atoms with Crippen molar-refractivity contribution in [2.45, 2.75) is 78.7 Å². The molecule has 0 amide bonds. The lowest BCUT2D eigenvalue weighted by Crippen LogP contribution is -2.50. The number of carbonyl (C=O) groups excluding carboxylic acids is 1.